The normalized spacial score (nSPS) is 11.2. The van der Waals surface area contributed by atoms with Gasteiger partial charge < -0.3 is 9.47 Å². The van der Waals surface area contributed by atoms with Crippen LogP contribution in [0.3, 0.4) is 0 Å². The van der Waals surface area contributed by atoms with Crippen LogP contribution in [0.2, 0.25) is 0 Å². The van der Waals surface area contributed by atoms with Gasteiger partial charge in [-0.25, -0.2) is 4.98 Å². The summed E-state index contributed by atoms with van der Waals surface area (Å²) >= 11 is 3.12. The van der Waals surface area contributed by atoms with Crippen LogP contribution in [0.15, 0.2) is 41.1 Å². The quantitative estimate of drug-likeness (QED) is 0.298. The van der Waals surface area contributed by atoms with Crippen molar-refractivity contribution in [1.82, 2.24) is 4.98 Å². The molecule has 4 nitrogen and oxygen atoms in total. The third-order valence-electron chi connectivity index (χ3n) is 4.13. The van der Waals surface area contributed by atoms with Gasteiger partial charge in [0.15, 0.2) is 11.5 Å². The second kappa shape index (κ2) is 10.1. The van der Waals surface area contributed by atoms with E-state index in [2.05, 4.69) is 18.0 Å². The fraction of sp³-hybridized carbons (Fsp3) is 0.273. The van der Waals surface area contributed by atoms with Crippen molar-refractivity contribution in [3.05, 3.63) is 51.7 Å². The number of aromatic nitrogens is 1. The van der Waals surface area contributed by atoms with E-state index in [1.54, 1.807) is 18.4 Å². The molecule has 2 aromatic heterocycles. The van der Waals surface area contributed by atoms with Crippen molar-refractivity contribution in [2.24, 2.45) is 0 Å². The van der Waals surface area contributed by atoms with E-state index >= 15 is 0 Å². The van der Waals surface area contributed by atoms with E-state index in [1.165, 1.54) is 11.3 Å². The number of nitriles is 1. The molecule has 0 saturated heterocycles. The highest BCUT2D eigenvalue weighted by Gasteiger charge is 2.11. The number of allylic oxidation sites excluding steroid dienone is 1. The molecule has 0 aliphatic carbocycles. The van der Waals surface area contributed by atoms with Gasteiger partial charge in [-0.1, -0.05) is 31.9 Å². The average Bonchev–Trinajstić information content (AvgIpc) is 3.41. The summed E-state index contributed by atoms with van der Waals surface area (Å²) in [5.41, 5.74) is 2.32. The fourth-order valence-corrected chi connectivity index (χ4v) is 4.22. The van der Waals surface area contributed by atoms with Gasteiger partial charge in [-0.2, -0.15) is 5.26 Å². The van der Waals surface area contributed by atoms with Gasteiger partial charge in [-0.3, -0.25) is 0 Å². The van der Waals surface area contributed by atoms with E-state index in [4.69, 9.17) is 9.47 Å². The molecule has 0 saturated carbocycles. The molecule has 0 aliphatic rings. The van der Waals surface area contributed by atoms with Gasteiger partial charge in [0.25, 0.3) is 0 Å². The Morgan fingerprint density at radius 3 is 2.82 bits per heavy atom. The zero-order valence-corrected chi connectivity index (χ0v) is 17.6. The van der Waals surface area contributed by atoms with Gasteiger partial charge in [0, 0.05) is 5.38 Å². The Hall–Kier alpha value is -2.62. The Morgan fingerprint density at radius 2 is 2.11 bits per heavy atom. The number of rotatable bonds is 9. The third kappa shape index (κ3) is 5.00. The van der Waals surface area contributed by atoms with Crippen LogP contribution in [0, 0.1) is 11.3 Å². The highest BCUT2D eigenvalue weighted by molar-refractivity contribution is 7.14. The number of thiazole rings is 1. The van der Waals surface area contributed by atoms with E-state index in [-0.39, 0.29) is 0 Å². The number of hydrogen-bond donors (Lipinski definition) is 0. The minimum Gasteiger partial charge on any atom is -0.493 e. The summed E-state index contributed by atoms with van der Waals surface area (Å²) in [7, 11) is 1.63. The van der Waals surface area contributed by atoms with Crippen molar-refractivity contribution in [3.63, 3.8) is 0 Å². The van der Waals surface area contributed by atoms with E-state index in [0.717, 1.165) is 41.1 Å². The summed E-state index contributed by atoms with van der Waals surface area (Å²) < 4.78 is 11.3. The molecule has 1 aromatic carbocycles. The Labute approximate surface area is 173 Å². The molecule has 3 rings (SSSR count). The molecule has 0 unspecified atom stereocenters. The van der Waals surface area contributed by atoms with E-state index in [1.807, 2.05) is 47.2 Å². The van der Waals surface area contributed by atoms with Crippen molar-refractivity contribution in [1.29, 1.82) is 5.26 Å². The smallest absolute Gasteiger partial charge is 0.161 e. The third-order valence-corrected chi connectivity index (χ3v) is 5.90. The minimum atomic E-state index is 0.534. The number of unbranched alkanes of at least 4 members (excludes halogenated alkanes) is 2. The standard InChI is InChI=1S/C22H22N2O2S2/c1-3-4-5-10-26-19-9-8-16(13-20(19)25-2)12-17(14-23)22-24-18(15-28-22)21-7-6-11-27-21/h6-9,11-13,15H,3-5,10H2,1-2H3/b17-12-. The first-order chi connectivity index (χ1) is 13.7. The first-order valence-corrected chi connectivity index (χ1v) is 10.9. The topological polar surface area (TPSA) is 55.1 Å². The second-order valence-electron chi connectivity index (χ2n) is 6.15. The number of methoxy groups -OCH3 is 1. The van der Waals surface area contributed by atoms with Gasteiger partial charge >= 0.3 is 0 Å². The second-order valence-corrected chi connectivity index (χ2v) is 7.96. The predicted molar refractivity (Wildman–Crippen MR) is 117 cm³/mol. The van der Waals surface area contributed by atoms with Crippen molar-refractivity contribution in [3.8, 4) is 28.1 Å². The highest BCUT2D eigenvalue weighted by atomic mass is 32.1. The lowest BCUT2D eigenvalue weighted by atomic mass is 10.1. The molecule has 0 N–H and O–H groups in total. The van der Waals surface area contributed by atoms with Crippen molar-refractivity contribution >= 4 is 34.3 Å². The molecule has 0 bridgehead atoms. The monoisotopic (exact) mass is 410 g/mol. The van der Waals surface area contributed by atoms with E-state index < -0.39 is 0 Å². The molecule has 2 heterocycles. The number of ether oxygens (including phenoxy) is 2. The van der Waals surface area contributed by atoms with Gasteiger partial charge in [0.1, 0.15) is 11.1 Å². The number of thiophene rings is 1. The summed E-state index contributed by atoms with van der Waals surface area (Å²) in [6, 6.07) is 12.0. The number of nitrogens with zero attached hydrogens (tertiary/aromatic N) is 2. The van der Waals surface area contributed by atoms with Crippen LogP contribution in [0.4, 0.5) is 0 Å². The SMILES string of the molecule is CCCCCOc1ccc(/C=C(/C#N)c2nc(-c3cccs3)cs2)cc1OC. The lowest BCUT2D eigenvalue weighted by Crippen LogP contribution is -1.99. The molecular weight excluding hydrogens is 388 g/mol. The maximum Gasteiger partial charge on any atom is 0.161 e. The van der Waals surface area contributed by atoms with Gasteiger partial charge in [-0.15, -0.1) is 22.7 Å². The largest absolute Gasteiger partial charge is 0.493 e. The Kier molecular flexibility index (Phi) is 7.24. The molecule has 3 aromatic rings. The molecule has 6 heteroatoms. The minimum absolute atomic E-state index is 0.534. The van der Waals surface area contributed by atoms with Crippen LogP contribution >= 0.6 is 22.7 Å². The average molecular weight is 411 g/mol. The lowest BCUT2D eigenvalue weighted by Gasteiger charge is -2.11. The maximum absolute atomic E-state index is 9.62. The zero-order valence-electron chi connectivity index (χ0n) is 16.0. The summed E-state index contributed by atoms with van der Waals surface area (Å²) in [5, 5.41) is 14.3. The highest BCUT2D eigenvalue weighted by Crippen LogP contribution is 2.32. The molecule has 28 heavy (non-hydrogen) atoms. The summed E-state index contributed by atoms with van der Waals surface area (Å²) in [6.45, 7) is 2.84. The van der Waals surface area contributed by atoms with Gasteiger partial charge in [-0.05, 0) is 41.6 Å². The van der Waals surface area contributed by atoms with Crippen LogP contribution in [-0.2, 0) is 0 Å². The molecule has 0 amide bonds. The molecular formula is C22H22N2O2S2. The first-order valence-electron chi connectivity index (χ1n) is 9.17. The first kappa shape index (κ1) is 20.1. The molecule has 144 valence electrons. The van der Waals surface area contributed by atoms with E-state index in [9.17, 15) is 5.26 Å². The Bertz CT molecular complexity index is 969. The van der Waals surface area contributed by atoms with Crippen LogP contribution in [-0.4, -0.2) is 18.7 Å². The van der Waals surface area contributed by atoms with Crippen molar-refractivity contribution in [2.75, 3.05) is 13.7 Å². The lowest BCUT2D eigenvalue weighted by molar-refractivity contribution is 0.286. The van der Waals surface area contributed by atoms with Crippen LogP contribution in [0.5, 0.6) is 11.5 Å². The van der Waals surface area contributed by atoms with E-state index in [0.29, 0.717) is 22.9 Å². The molecule has 0 fully saturated rings. The van der Waals surface area contributed by atoms with Gasteiger partial charge in [0.2, 0.25) is 0 Å². The van der Waals surface area contributed by atoms with Crippen LogP contribution in [0.1, 0.15) is 36.8 Å². The van der Waals surface area contributed by atoms with Crippen molar-refractivity contribution in [2.45, 2.75) is 26.2 Å². The summed E-state index contributed by atoms with van der Waals surface area (Å²) in [6.07, 6.45) is 5.17. The summed E-state index contributed by atoms with van der Waals surface area (Å²) in [4.78, 5) is 5.72. The zero-order chi connectivity index (χ0) is 19.8. The molecule has 0 spiro atoms. The molecule has 0 radical (unpaired) electrons. The van der Waals surface area contributed by atoms with Crippen LogP contribution in [0.25, 0.3) is 22.2 Å². The van der Waals surface area contributed by atoms with Crippen molar-refractivity contribution < 1.29 is 9.47 Å². The Balaban J connectivity index is 1.79. The molecule has 0 atom stereocenters. The predicted octanol–water partition coefficient (Wildman–Crippen LogP) is 6.51. The number of hydrogen-bond acceptors (Lipinski definition) is 6. The molecule has 0 aliphatic heterocycles. The fourth-order valence-electron chi connectivity index (χ4n) is 2.67. The number of benzene rings is 1. The van der Waals surface area contributed by atoms with Gasteiger partial charge in [0.05, 0.1) is 29.9 Å². The van der Waals surface area contributed by atoms with Crippen LogP contribution < -0.4 is 9.47 Å². The Morgan fingerprint density at radius 1 is 1.21 bits per heavy atom. The summed E-state index contributed by atoms with van der Waals surface area (Å²) in [5.74, 6) is 1.39. The maximum atomic E-state index is 9.62.